The van der Waals surface area contributed by atoms with Crippen LogP contribution in [-0.2, 0) is 14.8 Å². The fourth-order valence-corrected chi connectivity index (χ4v) is 4.16. The van der Waals surface area contributed by atoms with Crippen molar-refractivity contribution >= 4 is 15.9 Å². The van der Waals surface area contributed by atoms with E-state index in [2.05, 4.69) is 10.0 Å². The van der Waals surface area contributed by atoms with Gasteiger partial charge in [-0.25, -0.2) is 13.1 Å². The lowest BCUT2D eigenvalue weighted by Gasteiger charge is -2.31. The average molecular weight is 369 g/mol. The lowest BCUT2D eigenvalue weighted by atomic mass is 9.84. The molecular weight excluding hydrogens is 342 g/mol. The van der Waals surface area contributed by atoms with Gasteiger partial charge in [-0.3, -0.25) is 4.79 Å². The normalized spacial score (nSPS) is 21.0. The highest BCUT2D eigenvalue weighted by Gasteiger charge is 2.26. The molecule has 4 N–H and O–H groups in total. The van der Waals surface area contributed by atoms with Gasteiger partial charge in [0, 0.05) is 25.3 Å². The first kappa shape index (κ1) is 19.8. The summed E-state index contributed by atoms with van der Waals surface area (Å²) in [7, 11) is -2.17. The minimum Gasteiger partial charge on any atom is -0.383 e. The van der Waals surface area contributed by atoms with E-state index < -0.39 is 10.0 Å². The lowest BCUT2D eigenvalue weighted by Crippen LogP contribution is -2.44. The van der Waals surface area contributed by atoms with E-state index in [-0.39, 0.29) is 35.9 Å². The highest BCUT2D eigenvalue weighted by molar-refractivity contribution is 7.89. The summed E-state index contributed by atoms with van der Waals surface area (Å²) in [6, 6.07) is 6.09. The number of nitrogens with two attached hydrogens (primary N) is 1. The Balaban J connectivity index is 2.08. The quantitative estimate of drug-likeness (QED) is 0.589. The number of ether oxygens (including phenoxy) is 1. The van der Waals surface area contributed by atoms with Crippen molar-refractivity contribution in [3.8, 4) is 0 Å². The first-order valence-corrected chi connectivity index (χ1v) is 10.1. The van der Waals surface area contributed by atoms with Gasteiger partial charge in [0.1, 0.15) is 0 Å². The molecule has 1 amide bonds. The smallest absolute Gasteiger partial charge is 0.251 e. The van der Waals surface area contributed by atoms with E-state index in [1.807, 2.05) is 0 Å². The van der Waals surface area contributed by atoms with E-state index >= 15 is 0 Å². The van der Waals surface area contributed by atoms with Gasteiger partial charge in [-0.05, 0) is 43.5 Å². The highest BCUT2D eigenvalue weighted by Crippen LogP contribution is 2.24. The Morgan fingerprint density at radius 3 is 2.80 bits per heavy atom. The zero-order valence-electron chi connectivity index (χ0n) is 14.5. The minimum atomic E-state index is -3.67. The SMILES string of the molecule is COCCNS(=O)(=O)c1cccc(C(=O)NC2CCCCC2CN)c1. The van der Waals surface area contributed by atoms with Crippen molar-refractivity contribution in [1.82, 2.24) is 10.0 Å². The van der Waals surface area contributed by atoms with E-state index in [9.17, 15) is 13.2 Å². The number of rotatable bonds is 8. The first-order chi connectivity index (χ1) is 12.0. The Hall–Kier alpha value is -1.48. The number of methoxy groups -OCH3 is 1. The van der Waals surface area contributed by atoms with Gasteiger partial charge >= 0.3 is 0 Å². The molecule has 2 atom stereocenters. The van der Waals surface area contributed by atoms with Gasteiger partial charge in [0.15, 0.2) is 0 Å². The van der Waals surface area contributed by atoms with E-state index in [1.54, 1.807) is 12.1 Å². The first-order valence-electron chi connectivity index (χ1n) is 8.57. The number of sulfonamides is 1. The van der Waals surface area contributed by atoms with Crippen LogP contribution in [0.2, 0.25) is 0 Å². The summed E-state index contributed by atoms with van der Waals surface area (Å²) in [5.74, 6) is 0.0135. The molecule has 1 saturated carbocycles. The maximum absolute atomic E-state index is 12.5. The van der Waals surface area contributed by atoms with Crippen molar-refractivity contribution in [2.24, 2.45) is 11.7 Å². The maximum atomic E-state index is 12.5. The van der Waals surface area contributed by atoms with Crippen LogP contribution < -0.4 is 15.8 Å². The number of hydrogen-bond acceptors (Lipinski definition) is 5. The van der Waals surface area contributed by atoms with Crippen molar-refractivity contribution in [3.63, 3.8) is 0 Å². The second-order valence-corrected chi connectivity index (χ2v) is 8.05. The Morgan fingerprint density at radius 1 is 1.32 bits per heavy atom. The molecule has 1 fully saturated rings. The van der Waals surface area contributed by atoms with Gasteiger partial charge in [0.2, 0.25) is 10.0 Å². The van der Waals surface area contributed by atoms with E-state index in [4.69, 9.17) is 10.5 Å². The van der Waals surface area contributed by atoms with Crippen LogP contribution in [0.5, 0.6) is 0 Å². The topological polar surface area (TPSA) is 111 Å². The van der Waals surface area contributed by atoms with E-state index in [0.29, 0.717) is 12.1 Å². The Kier molecular flexibility index (Phi) is 7.37. The van der Waals surface area contributed by atoms with Crippen molar-refractivity contribution in [2.75, 3.05) is 26.8 Å². The Morgan fingerprint density at radius 2 is 2.08 bits per heavy atom. The van der Waals surface area contributed by atoms with Crippen LogP contribution in [0.15, 0.2) is 29.2 Å². The molecule has 0 radical (unpaired) electrons. The zero-order valence-corrected chi connectivity index (χ0v) is 15.3. The molecule has 2 unspecified atom stereocenters. The standard InChI is InChI=1S/C17H27N3O4S/c1-24-10-9-19-25(22,23)15-7-4-6-13(11-15)17(21)20-16-8-3-2-5-14(16)12-18/h4,6-7,11,14,16,19H,2-3,5,8-10,12,18H2,1H3,(H,20,21). The second-order valence-electron chi connectivity index (χ2n) is 6.28. The number of carbonyl (C=O) groups excluding carboxylic acids is 1. The minimum absolute atomic E-state index is 0.0475. The van der Waals surface area contributed by atoms with Crippen LogP contribution in [0.3, 0.4) is 0 Å². The van der Waals surface area contributed by atoms with Gasteiger partial charge in [0.25, 0.3) is 5.91 Å². The number of hydrogen-bond donors (Lipinski definition) is 3. The molecule has 7 nitrogen and oxygen atoms in total. The van der Waals surface area contributed by atoms with E-state index in [1.165, 1.54) is 19.2 Å². The molecule has 2 rings (SSSR count). The summed E-state index contributed by atoms with van der Waals surface area (Å²) < 4.78 is 31.8. The third-order valence-corrected chi connectivity index (χ3v) is 5.99. The molecule has 0 aliphatic heterocycles. The van der Waals surface area contributed by atoms with Crippen LogP contribution in [-0.4, -0.2) is 47.2 Å². The Labute approximate surface area is 149 Å². The zero-order chi connectivity index (χ0) is 18.3. The molecule has 0 saturated heterocycles. The number of nitrogens with one attached hydrogen (secondary N) is 2. The summed E-state index contributed by atoms with van der Waals surface area (Å²) in [4.78, 5) is 12.6. The summed E-state index contributed by atoms with van der Waals surface area (Å²) in [6.45, 7) is 1.000. The predicted molar refractivity (Wildman–Crippen MR) is 95.8 cm³/mol. The maximum Gasteiger partial charge on any atom is 0.251 e. The summed E-state index contributed by atoms with van der Waals surface area (Å²) in [5, 5.41) is 3.01. The predicted octanol–water partition coefficient (Wildman–Crippen LogP) is 0.859. The molecule has 1 aliphatic carbocycles. The van der Waals surface area contributed by atoms with Crippen molar-refractivity contribution in [1.29, 1.82) is 0 Å². The third kappa shape index (κ3) is 5.50. The highest BCUT2D eigenvalue weighted by atomic mass is 32.2. The fourth-order valence-electron chi connectivity index (χ4n) is 3.10. The Bertz CT molecular complexity index is 678. The van der Waals surface area contributed by atoms with Gasteiger partial charge in [0.05, 0.1) is 11.5 Å². The van der Waals surface area contributed by atoms with Crippen LogP contribution >= 0.6 is 0 Å². The van der Waals surface area contributed by atoms with E-state index in [0.717, 1.165) is 25.7 Å². The number of carbonyl (C=O) groups is 1. The summed E-state index contributed by atoms with van der Waals surface area (Å²) in [5.41, 5.74) is 6.13. The van der Waals surface area contributed by atoms with Crippen molar-refractivity contribution < 1.29 is 17.9 Å². The molecule has 1 aromatic rings. The molecule has 8 heteroatoms. The molecular formula is C17H27N3O4S. The molecule has 0 heterocycles. The third-order valence-electron chi connectivity index (χ3n) is 4.53. The second kappa shape index (κ2) is 9.28. The van der Waals surface area contributed by atoms with Crippen LogP contribution in [0.4, 0.5) is 0 Å². The molecule has 0 spiro atoms. The van der Waals surface area contributed by atoms with Crippen LogP contribution in [0, 0.1) is 5.92 Å². The number of benzene rings is 1. The largest absolute Gasteiger partial charge is 0.383 e. The van der Waals surface area contributed by atoms with Gasteiger partial charge < -0.3 is 15.8 Å². The molecule has 140 valence electrons. The van der Waals surface area contributed by atoms with Gasteiger partial charge in [-0.2, -0.15) is 0 Å². The molecule has 1 aliphatic rings. The summed E-state index contributed by atoms with van der Waals surface area (Å²) >= 11 is 0. The molecule has 0 bridgehead atoms. The molecule has 0 aromatic heterocycles. The van der Waals surface area contributed by atoms with Gasteiger partial charge in [-0.1, -0.05) is 18.9 Å². The molecule has 25 heavy (non-hydrogen) atoms. The fraction of sp³-hybridized carbons (Fsp3) is 0.588. The lowest BCUT2D eigenvalue weighted by molar-refractivity contribution is 0.0908. The summed E-state index contributed by atoms with van der Waals surface area (Å²) in [6.07, 6.45) is 4.12. The molecule has 1 aromatic carbocycles. The van der Waals surface area contributed by atoms with Crippen molar-refractivity contribution in [3.05, 3.63) is 29.8 Å². The monoisotopic (exact) mass is 369 g/mol. The van der Waals surface area contributed by atoms with Crippen molar-refractivity contribution in [2.45, 2.75) is 36.6 Å². The van der Waals surface area contributed by atoms with Crippen LogP contribution in [0.25, 0.3) is 0 Å². The number of amides is 1. The van der Waals surface area contributed by atoms with Gasteiger partial charge in [-0.15, -0.1) is 0 Å². The average Bonchev–Trinajstić information content (AvgIpc) is 2.62. The van der Waals surface area contributed by atoms with Crippen LogP contribution in [0.1, 0.15) is 36.0 Å².